The van der Waals surface area contributed by atoms with Crippen LogP contribution in [0.1, 0.15) is 43.2 Å². The Morgan fingerprint density at radius 3 is 1.51 bits per heavy atom. The zero-order valence-electron chi connectivity index (χ0n) is 32.9. The molecule has 7 nitrogen and oxygen atoms in total. The van der Waals surface area contributed by atoms with Crippen molar-refractivity contribution in [2.24, 2.45) is 0 Å². The number of carbonyl (C=O) groups is 3. The summed E-state index contributed by atoms with van der Waals surface area (Å²) in [5, 5.41) is 17.7. The molecule has 1 N–H and O–H groups in total. The third-order valence-corrected chi connectivity index (χ3v) is 11.1. The van der Waals surface area contributed by atoms with E-state index < -0.39 is 12.1 Å². The molecule has 0 radical (unpaired) electrons. The van der Waals surface area contributed by atoms with Gasteiger partial charge in [0.05, 0.1) is 40.7 Å². The average Bonchev–Trinajstić information content (AvgIpc) is 3.18. The third-order valence-electron chi connectivity index (χ3n) is 11.1. The number of rotatable bonds is 16. The Morgan fingerprint density at radius 2 is 1.02 bits per heavy atom. The number of aryl methyl sites for hydroxylation is 2. The summed E-state index contributed by atoms with van der Waals surface area (Å²) in [6, 6.07) is 38.8. The van der Waals surface area contributed by atoms with E-state index in [2.05, 4.69) is 136 Å². The molecule has 1 atom stereocenters. The normalized spacial score (nSPS) is 12.5. The van der Waals surface area contributed by atoms with Crippen LogP contribution in [0.2, 0.25) is 0 Å². The number of ether oxygens (including phenoxy) is 2. The standard InChI is InChI=1S/C49H48N2O5.HI/c1-51(2,3)29-28-50-43(52)30-40(56-45(54)15-7-9-33-17-19-39-23-21-35-11-5-13-37-25-27-42(33)49(39)47(35)37)31-55-44(53)14-6-8-32-16-18-38-22-20-34-10-4-12-36-24-26-41(32)48(38)46(34)36;/h4-5,10-13,16-27,40H,6-9,14-15,28-31H2,1-3H3;1H/t40-;/m0./s1. The summed E-state index contributed by atoms with van der Waals surface area (Å²) in [6.45, 7) is 1.08. The van der Waals surface area contributed by atoms with Gasteiger partial charge in [-0.25, -0.2) is 0 Å². The maximum atomic E-state index is 13.2. The van der Waals surface area contributed by atoms with Crippen LogP contribution in [0.5, 0.6) is 0 Å². The van der Waals surface area contributed by atoms with Crippen molar-refractivity contribution in [1.82, 2.24) is 5.32 Å². The molecule has 0 spiro atoms. The lowest BCUT2D eigenvalue weighted by Gasteiger charge is -2.24. The second-order valence-electron chi connectivity index (χ2n) is 16.2. The van der Waals surface area contributed by atoms with Crippen molar-refractivity contribution in [3.8, 4) is 0 Å². The molecule has 0 fully saturated rings. The molecule has 0 bridgehead atoms. The van der Waals surface area contributed by atoms with Gasteiger partial charge in [-0.1, -0.05) is 109 Å². The lowest BCUT2D eigenvalue weighted by molar-refractivity contribution is -0.869. The fourth-order valence-electron chi connectivity index (χ4n) is 8.32. The van der Waals surface area contributed by atoms with E-state index in [1.807, 2.05) is 0 Å². The predicted octanol–water partition coefficient (Wildman–Crippen LogP) is 6.50. The van der Waals surface area contributed by atoms with Crippen molar-refractivity contribution >= 4 is 82.5 Å². The topological polar surface area (TPSA) is 81.7 Å². The van der Waals surface area contributed by atoms with Gasteiger partial charge in [-0.2, -0.15) is 0 Å². The second-order valence-corrected chi connectivity index (χ2v) is 16.2. The molecule has 0 aliphatic carbocycles. The van der Waals surface area contributed by atoms with Gasteiger partial charge >= 0.3 is 11.9 Å². The van der Waals surface area contributed by atoms with Gasteiger partial charge in [0.25, 0.3) is 0 Å². The van der Waals surface area contributed by atoms with Gasteiger partial charge in [-0.3, -0.25) is 14.4 Å². The lowest BCUT2D eigenvalue weighted by Crippen LogP contribution is -3.00. The van der Waals surface area contributed by atoms with Crippen molar-refractivity contribution in [3.63, 3.8) is 0 Å². The van der Waals surface area contributed by atoms with Crippen LogP contribution in [0.15, 0.2) is 109 Å². The Balaban J connectivity index is 0.00000496. The van der Waals surface area contributed by atoms with Crippen molar-refractivity contribution in [1.29, 1.82) is 0 Å². The largest absolute Gasteiger partial charge is 1.00 e. The Hall–Kier alpha value is -5.06. The average molecular weight is 873 g/mol. The van der Waals surface area contributed by atoms with Crippen molar-refractivity contribution < 1.29 is 52.3 Å². The SMILES string of the molecule is C[N+](C)(C)CCNC(=O)C[C@@H](COC(=O)CCCc1ccc2ccc3cccc4ccc1c2c34)OC(=O)CCCc1ccc2ccc3cccc4ccc1c2c34.[I-]. The number of amides is 1. The van der Waals surface area contributed by atoms with Gasteiger partial charge in [-0.05, 0) is 101 Å². The molecule has 0 unspecified atom stereocenters. The third kappa shape index (κ3) is 8.92. The number of quaternary nitrogens is 1. The maximum Gasteiger partial charge on any atom is 0.306 e. The Bertz CT molecular complexity index is 2670. The van der Waals surface area contributed by atoms with Crippen LogP contribution in [0, 0.1) is 0 Å². The lowest BCUT2D eigenvalue weighted by atomic mass is 9.90. The van der Waals surface area contributed by atoms with Crippen LogP contribution in [0.25, 0.3) is 64.6 Å². The van der Waals surface area contributed by atoms with Gasteiger partial charge in [-0.15, -0.1) is 0 Å². The summed E-state index contributed by atoms with van der Waals surface area (Å²) < 4.78 is 12.2. The zero-order chi connectivity index (χ0) is 38.8. The number of nitrogens with one attached hydrogen (secondary N) is 1. The van der Waals surface area contributed by atoms with Gasteiger partial charge in [0.2, 0.25) is 5.91 Å². The molecule has 8 heteroatoms. The van der Waals surface area contributed by atoms with Gasteiger partial charge < -0.3 is 43.3 Å². The summed E-state index contributed by atoms with van der Waals surface area (Å²) in [5.74, 6) is -1.02. The van der Waals surface area contributed by atoms with E-state index in [9.17, 15) is 14.4 Å². The minimum Gasteiger partial charge on any atom is -1.00 e. The molecule has 0 saturated carbocycles. The van der Waals surface area contributed by atoms with E-state index in [1.165, 1.54) is 75.8 Å². The quantitative estimate of drug-likeness (QED) is 0.0520. The molecule has 57 heavy (non-hydrogen) atoms. The molecule has 292 valence electrons. The van der Waals surface area contributed by atoms with Crippen molar-refractivity contribution in [2.75, 3.05) is 40.8 Å². The van der Waals surface area contributed by atoms with E-state index in [0.29, 0.717) is 30.3 Å². The summed E-state index contributed by atoms with van der Waals surface area (Å²) in [5.41, 5.74) is 2.38. The van der Waals surface area contributed by atoms with Crippen molar-refractivity contribution in [3.05, 3.63) is 120 Å². The van der Waals surface area contributed by atoms with E-state index in [-0.39, 0.29) is 61.7 Å². The number of carbonyl (C=O) groups excluding carboxylic acids is 3. The minimum absolute atomic E-state index is 0. The highest BCUT2D eigenvalue weighted by Crippen LogP contribution is 2.37. The molecule has 8 aromatic carbocycles. The molecule has 0 aliphatic rings. The van der Waals surface area contributed by atoms with E-state index in [4.69, 9.17) is 9.47 Å². The molecule has 8 rings (SSSR count). The highest BCUT2D eigenvalue weighted by atomic mass is 127. The second kappa shape index (κ2) is 17.2. The number of likely N-dealkylation sites (N-methyl/N-ethyl adjacent to an activating group) is 1. The monoisotopic (exact) mass is 872 g/mol. The first-order valence-electron chi connectivity index (χ1n) is 19.8. The number of esters is 2. The molecular weight excluding hydrogens is 823 g/mol. The van der Waals surface area contributed by atoms with Crippen LogP contribution >= 0.6 is 0 Å². The fourth-order valence-corrected chi connectivity index (χ4v) is 8.32. The summed E-state index contributed by atoms with van der Waals surface area (Å²) >= 11 is 0. The number of nitrogens with zero attached hydrogens (tertiary/aromatic N) is 1. The number of hydrogen-bond donors (Lipinski definition) is 1. The number of benzene rings is 8. The first kappa shape index (κ1) is 40.1. The summed E-state index contributed by atoms with van der Waals surface area (Å²) in [7, 11) is 6.18. The molecule has 0 heterocycles. The number of hydrogen-bond acceptors (Lipinski definition) is 5. The Kier molecular flexibility index (Phi) is 12.1. The van der Waals surface area contributed by atoms with Crippen LogP contribution in [-0.4, -0.2) is 69.3 Å². The zero-order valence-corrected chi connectivity index (χ0v) is 35.1. The van der Waals surface area contributed by atoms with Crippen molar-refractivity contribution in [2.45, 2.75) is 51.0 Å². The van der Waals surface area contributed by atoms with Crippen LogP contribution in [0.3, 0.4) is 0 Å². The van der Waals surface area contributed by atoms with E-state index in [0.717, 1.165) is 13.0 Å². The smallest absolute Gasteiger partial charge is 0.306 e. The van der Waals surface area contributed by atoms with Gasteiger partial charge in [0.1, 0.15) is 12.7 Å². The van der Waals surface area contributed by atoms with Crippen LogP contribution in [0.4, 0.5) is 0 Å². The van der Waals surface area contributed by atoms with Crippen LogP contribution < -0.4 is 29.3 Å². The Morgan fingerprint density at radius 1 is 0.579 bits per heavy atom. The van der Waals surface area contributed by atoms with E-state index >= 15 is 0 Å². The maximum absolute atomic E-state index is 13.2. The molecule has 0 aliphatic heterocycles. The molecule has 8 aromatic rings. The highest BCUT2D eigenvalue weighted by Gasteiger charge is 2.22. The molecule has 0 saturated heterocycles. The minimum atomic E-state index is -0.873. The van der Waals surface area contributed by atoms with Gasteiger partial charge in [0, 0.05) is 12.8 Å². The van der Waals surface area contributed by atoms with E-state index in [1.54, 1.807) is 0 Å². The molecule has 1 amide bonds. The first-order valence-corrected chi connectivity index (χ1v) is 19.8. The molecular formula is C49H49IN2O5. The fraction of sp³-hybridized carbons (Fsp3) is 0.286. The molecule has 0 aromatic heterocycles. The Labute approximate surface area is 350 Å². The van der Waals surface area contributed by atoms with Gasteiger partial charge in [0.15, 0.2) is 0 Å². The first-order chi connectivity index (χ1) is 27.1. The van der Waals surface area contributed by atoms with Crippen LogP contribution in [-0.2, 0) is 36.7 Å². The number of halogens is 1. The highest BCUT2D eigenvalue weighted by molar-refractivity contribution is 6.24. The summed E-state index contributed by atoms with van der Waals surface area (Å²) in [4.78, 5) is 39.2. The predicted molar refractivity (Wildman–Crippen MR) is 228 cm³/mol. The summed E-state index contributed by atoms with van der Waals surface area (Å²) in [6.07, 6.45) is 2.10.